The topological polar surface area (TPSA) is 102 Å². The molecule has 8 heteroatoms. The van der Waals surface area contributed by atoms with E-state index in [0.29, 0.717) is 0 Å². The SMILES string of the molecule is CC.CC.CO[P+](O)(O)SCCOC(=O)C(C)(C)N. The van der Waals surface area contributed by atoms with Crippen molar-refractivity contribution < 1.29 is 23.8 Å². The van der Waals surface area contributed by atoms with Gasteiger partial charge in [-0.3, -0.25) is 4.79 Å². The Morgan fingerprint density at radius 1 is 1.26 bits per heavy atom. The molecular formula is C11H29NO5PS+. The highest BCUT2D eigenvalue weighted by Gasteiger charge is 2.36. The Balaban J connectivity index is -0.000000579. The lowest BCUT2D eigenvalue weighted by Gasteiger charge is -2.16. The summed E-state index contributed by atoms with van der Waals surface area (Å²) in [6.45, 7) is 11.1. The zero-order valence-electron chi connectivity index (χ0n) is 13.0. The molecule has 0 aliphatic rings. The zero-order valence-corrected chi connectivity index (χ0v) is 14.7. The monoisotopic (exact) mass is 318 g/mol. The van der Waals surface area contributed by atoms with Crippen LogP contribution in [0.25, 0.3) is 0 Å². The van der Waals surface area contributed by atoms with Crippen LogP contribution in [-0.2, 0) is 14.1 Å². The molecule has 6 nitrogen and oxygen atoms in total. The normalized spacial score (nSPS) is 10.6. The summed E-state index contributed by atoms with van der Waals surface area (Å²) in [6.07, 6.45) is 0. The van der Waals surface area contributed by atoms with Crippen LogP contribution >= 0.6 is 18.5 Å². The zero-order chi connectivity index (χ0) is 16.1. The van der Waals surface area contributed by atoms with Gasteiger partial charge < -0.3 is 10.5 Å². The van der Waals surface area contributed by atoms with Crippen molar-refractivity contribution >= 4 is 24.5 Å². The van der Waals surface area contributed by atoms with Gasteiger partial charge in [-0.25, -0.2) is 0 Å². The minimum Gasteiger partial charge on any atom is -0.463 e. The Morgan fingerprint density at radius 2 is 1.68 bits per heavy atom. The van der Waals surface area contributed by atoms with Crippen LogP contribution in [0.2, 0.25) is 0 Å². The highest BCUT2D eigenvalue weighted by atomic mass is 32.7. The maximum Gasteiger partial charge on any atom is 0.475 e. The minimum atomic E-state index is -3.33. The van der Waals surface area contributed by atoms with Gasteiger partial charge in [-0.15, -0.1) is 0 Å². The number of hydrogen-bond acceptors (Lipinski definition) is 7. The van der Waals surface area contributed by atoms with E-state index < -0.39 is 18.7 Å². The van der Waals surface area contributed by atoms with E-state index in [1.807, 2.05) is 27.7 Å². The third-order valence-electron chi connectivity index (χ3n) is 1.34. The van der Waals surface area contributed by atoms with Crippen molar-refractivity contribution in [3.63, 3.8) is 0 Å². The average molecular weight is 318 g/mol. The van der Waals surface area contributed by atoms with E-state index in [1.54, 1.807) is 0 Å². The summed E-state index contributed by atoms with van der Waals surface area (Å²) in [7, 11) is -2.13. The molecule has 0 fully saturated rings. The Morgan fingerprint density at radius 3 is 2.00 bits per heavy atom. The van der Waals surface area contributed by atoms with E-state index in [1.165, 1.54) is 21.0 Å². The largest absolute Gasteiger partial charge is 0.475 e. The van der Waals surface area contributed by atoms with Crippen LogP contribution in [0.1, 0.15) is 41.5 Å². The Bertz CT molecular complexity index is 222. The standard InChI is InChI=1S/C7H17NO5PS.2C2H6/c1-7(2,8)6(9)13-4-5-15-14(10,11)12-3;2*1-2/h10-11H,4-5,8H2,1-3H3;2*1-2H3/q+1;;. The Hall–Kier alpha value is 0.0900. The summed E-state index contributed by atoms with van der Waals surface area (Å²) in [4.78, 5) is 29.3. The van der Waals surface area contributed by atoms with E-state index in [0.717, 1.165) is 11.4 Å². The van der Waals surface area contributed by atoms with Gasteiger partial charge in [0.05, 0.1) is 12.9 Å². The number of rotatable bonds is 6. The summed E-state index contributed by atoms with van der Waals surface area (Å²) >= 11 is 0.813. The first-order valence-corrected chi connectivity index (χ1v) is 9.40. The predicted octanol–water partition coefficient (Wildman–Crippen LogP) is 2.36. The number of ether oxygens (including phenoxy) is 1. The molecule has 0 aromatic rings. The number of nitrogens with two attached hydrogens (primary N) is 1. The van der Waals surface area contributed by atoms with Crippen molar-refractivity contribution in [2.24, 2.45) is 5.73 Å². The number of carbonyl (C=O) groups excluding carboxylic acids is 1. The molecule has 0 amide bonds. The molecular weight excluding hydrogens is 289 g/mol. The molecule has 0 aliphatic carbocycles. The van der Waals surface area contributed by atoms with E-state index in [2.05, 4.69) is 4.52 Å². The van der Waals surface area contributed by atoms with Gasteiger partial charge in [0.15, 0.2) is 0 Å². The fourth-order valence-electron chi connectivity index (χ4n) is 0.529. The van der Waals surface area contributed by atoms with E-state index >= 15 is 0 Å². The van der Waals surface area contributed by atoms with Gasteiger partial charge in [-0.05, 0) is 13.8 Å². The third-order valence-corrected chi connectivity index (χ3v) is 4.51. The average Bonchev–Trinajstić information content (AvgIpc) is 2.38. The maximum atomic E-state index is 11.2. The molecule has 19 heavy (non-hydrogen) atoms. The molecule has 0 spiro atoms. The van der Waals surface area contributed by atoms with Crippen molar-refractivity contribution in [1.29, 1.82) is 0 Å². The van der Waals surface area contributed by atoms with Crippen LogP contribution in [-0.4, -0.2) is 40.8 Å². The fourth-order valence-corrected chi connectivity index (χ4v) is 2.28. The van der Waals surface area contributed by atoms with Crippen molar-refractivity contribution in [3.05, 3.63) is 0 Å². The van der Waals surface area contributed by atoms with Crippen LogP contribution < -0.4 is 5.73 Å². The lowest BCUT2D eigenvalue weighted by Crippen LogP contribution is -2.43. The van der Waals surface area contributed by atoms with Gasteiger partial charge in [0.25, 0.3) is 0 Å². The quantitative estimate of drug-likeness (QED) is 0.392. The molecule has 0 radical (unpaired) electrons. The van der Waals surface area contributed by atoms with Gasteiger partial charge in [0, 0.05) is 0 Å². The van der Waals surface area contributed by atoms with Gasteiger partial charge >= 0.3 is 13.1 Å². The van der Waals surface area contributed by atoms with Crippen LogP contribution in [0.15, 0.2) is 0 Å². The molecule has 118 valence electrons. The van der Waals surface area contributed by atoms with E-state index in [-0.39, 0.29) is 12.4 Å². The van der Waals surface area contributed by atoms with Gasteiger partial charge in [0.1, 0.15) is 23.5 Å². The minimum absolute atomic E-state index is 0.0658. The number of carbonyl (C=O) groups is 1. The van der Waals surface area contributed by atoms with Gasteiger partial charge in [0.2, 0.25) is 0 Å². The second kappa shape index (κ2) is 13.1. The molecule has 0 aliphatic heterocycles. The van der Waals surface area contributed by atoms with E-state index in [4.69, 9.17) is 20.3 Å². The smallest absolute Gasteiger partial charge is 0.463 e. The lowest BCUT2D eigenvalue weighted by atomic mass is 10.1. The second-order valence-corrected chi connectivity index (χ2v) is 7.58. The van der Waals surface area contributed by atoms with Crippen LogP contribution in [0.4, 0.5) is 0 Å². The molecule has 0 unspecified atom stereocenters. The van der Waals surface area contributed by atoms with E-state index in [9.17, 15) is 4.79 Å². The molecule has 0 rings (SSSR count). The Kier molecular flexibility index (Phi) is 16.6. The number of hydrogen-bond donors (Lipinski definition) is 3. The Labute approximate surface area is 121 Å². The fraction of sp³-hybridized carbons (Fsp3) is 0.909. The van der Waals surface area contributed by atoms with Crippen LogP contribution in [0.3, 0.4) is 0 Å². The summed E-state index contributed by atoms with van der Waals surface area (Å²) in [5, 5.41) is 0. The predicted molar refractivity (Wildman–Crippen MR) is 82.7 cm³/mol. The summed E-state index contributed by atoms with van der Waals surface area (Å²) < 4.78 is 9.23. The molecule has 0 aromatic carbocycles. The number of esters is 1. The maximum absolute atomic E-state index is 11.2. The summed E-state index contributed by atoms with van der Waals surface area (Å²) in [5.41, 5.74) is 4.44. The lowest BCUT2D eigenvalue weighted by molar-refractivity contribution is -0.148. The molecule has 0 atom stereocenters. The first-order valence-electron chi connectivity index (χ1n) is 6.20. The van der Waals surface area contributed by atoms with Crippen molar-refractivity contribution in [3.8, 4) is 0 Å². The highest BCUT2D eigenvalue weighted by molar-refractivity contribution is 8.57. The molecule has 0 saturated carbocycles. The van der Waals surface area contributed by atoms with Crippen molar-refractivity contribution in [2.45, 2.75) is 47.1 Å². The van der Waals surface area contributed by atoms with Crippen LogP contribution in [0.5, 0.6) is 0 Å². The van der Waals surface area contributed by atoms with Crippen molar-refractivity contribution in [1.82, 2.24) is 0 Å². The summed E-state index contributed by atoms with van der Waals surface area (Å²) in [5.74, 6) is -0.281. The molecule has 0 bridgehead atoms. The second-order valence-electron chi connectivity index (χ2n) is 3.36. The molecule has 0 saturated heterocycles. The van der Waals surface area contributed by atoms with Crippen molar-refractivity contribution in [2.75, 3.05) is 19.5 Å². The first kappa shape index (κ1) is 24.1. The first-order chi connectivity index (χ1) is 8.69. The highest BCUT2D eigenvalue weighted by Crippen LogP contribution is 2.62. The third kappa shape index (κ3) is 16.0. The van der Waals surface area contributed by atoms with Gasteiger partial charge in [-0.1, -0.05) is 27.7 Å². The van der Waals surface area contributed by atoms with Gasteiger partial charge in [-0.2, -0.15) is 14.3 Å². The molecule has 0 aromatic heterocycles. The van der Waals surface area contributed by atoms with Crippen LogP contribution in [0, 0.1) is 0 Å². The molecule has 4 N–H and O–H groups in total. The summed E-state index contributed by atoms with van der Waals surface area (Å²) in [6, 6.07) is 0. The molecule has 0 heterocycles.